The second-order valence-electron chi connectivity index (χ2n) is 4.25. The summed E-state index contributed by atoms with van der Waals surface area (Å²) in [7, 11) is 1.29. The SMILES string of the molecule is COC(=O)C1CN(C(=O)C#Cc2ccccc2)CCO1. The van der Waals surface area contributed by atoms with Crippen LogP contribution in [-0.2, 0) is 19.1 Å². The molecule has 1 aromatic carbocycles. The van der Waals surface area contributed by atoms with Gasteiger partial charge in [0.05, 0.1) is 20.3 Å². The highest BCUT2D eigenvalue weighted by atomic mass is 16.6. The van der Waals surface area contributed by atoms with E-state index in [1.807, 2.05) is 30.3 Å². The molecule has 1 unspecified atom stereocenters. The molecule has 1 heterocycles. The van der Waals surface area contributed by atoms with Gasteiger partial charge in [0.15, 0.2) is 6.10 Å². The van der Waals surface area contributed by atoms with Gasteiger partial charge in [0.1, 0.15) is 0 Å². The third kappa shape index (κ3) is 3.59. The van der Waals surface area contributed by atoms with E-state index in [1.165, 1.54) is 12.0 Å². The lowest BCUT2D eigenvalue weighted by atomic mass is 10.2. The molecule has 0 spiro atoms. The lowest BCUT2D eigenvalue weighted by Gasteiger charge is -2.29. The Bertz CT molecular complexity index is 544. The van der Waals surface area contributed by atoms with Gasteiger partial charge < -0.3 is 14.4 Å². The summed E-state index contributed by atoms with van der Waals surface area (Å²) in [6.45, 7) is 0.906. The summed E-state index contributed by atoms with van der Waals surface area (Å²) in [5, 5.41) is 0. The molecular formula is C15H15NO4. The number of amides is 1. The van der Waals surface area contributed by atoms with E-state index >= 15 is 0 Å². The van der Waals surface area contributed by atoms with Gasteiger partial charge in [0.2, 0.25) is 0 Å². The Kier molecular flexibility index (Phi) is 4.75. The summed E-state index contributed by atoms with van der Waals surface area (Å²) >= 11 is 0. The Morgan fingerprint density at radius 1 is 1.35 bits per heavy atom. The Morgan fingerprint density at radius 3 is 2.80 bits per heavy atom. The minimum Gasteiger partial charge on any atom is -0.467 e. The maximum Gasteiger partial charge on any atom is 0.336 e. The summed E-state index contributed by atoms with van der Waals surface area (Å²) in [5.74, 6) is 4.59. The highest BCUT2D eigenvalue weighted by Gasteiger charge is 2.29. The van der Waals surface area contributed by atoms with E-state index in [0.29, 0.717) is 13.2 Å². The van der Waals surface area contributed by atoms with Crippen LogP contribution in [0.15, 0.2) is 30.3 Å². The Morgan fingerprint density at radius 2 is 2.10 bits per heavy atom. The number of hydrogen-bond acceptors (Lipinski definition) is 4. The van der Waals surface area contributed by atoms with Crippen LogP contribution in [0.4, 0.5) is 0 Å². The van der Waals surface area contributed by atoms with Gasteiger partial charge in [-0.1, -0.05) is 24.1 Å². The Labute approximate surface area is 117 Å². The van der Waals surface area contributed by atoms with Gasteiger partial charge in [-0.3, -0.25) is 4.79 Å². The topological polar surface area (TPSA) is 55.8 Å². The fourth-order valence-corrected chi connectivity index (χ4v) is 1.83. The first-order chi connectivity index (χ1) is 9.70. The monoisotopic (exact) mass is 273 g/mol. The average Bonchev–Trinajstić information content (AvgIpc) is 2.53. The molecule has 104 valence electrons. The molecule has 5 heteroatoms. The maximum atomic E-state index is 12.0. The van der Waals surface area contributed by atoms with E-state index in [2.05, 4.69) is 16.6 Å². The number of ether oxygens (including phenoxy) is 2. The zero-order chi connectivity index (χ0) is 14.4. The number of methoxy groups -OCH3 is 1. The van der Waals surface area contributed by atoms with Crippen LogP contribution in [0.1, 0.15) is 5.56 Å². The van der Waals surface area contributed by atoms with Crippen LogP contribution in [0.2, 0.25) is 0 Å². The predicted octanol–water partition coefficient (Wildman–Crippen LogP) is 0.438. The molecule has 1 amide bonds. The number of rotatable bonds is 1. The van der Waals surface area contributed by atoms with Gasteiger partial charge in [0, 0.05) is 18.0 Å². The lowest BCUT2D eigenvalue weighted by molar-refractivity contribution is -0.161. The van der Waals surface area contributed by atoms with Crippen molar-refractivity contribution in [2.24, 2.45) is 0 Å². The minimum atomic E-state index is -0.726. The standard InChI is InChI=1S/C15H15NO4/c1-19-15(18)13-11-16(9-10-20-13)14(17)8-7-12-5-3-2-4-6-12/h2-6,13H,9-11H2,1H3. The summed E-state index contributed by atoms with van der Waals surface area (Å²) in [6.07, 6.45) is -0.726. The van der Waals surface area contributed by atoms with Gasteiger partial charge in [-0.25, -0.2) is 4.79 Å². The fourth-order valence-electron chi connectivity index (χ4n) is 1.83. The van der Waals surface area contributed by atoms with Crippen molar-refractivity contribution in [2.75, 3.05) is 26.8 Å². The van der Waals surface area contributed by atoms with E-state index in [0.717, 1.165) is 5.56 Å². The first kappa shape index (κ1) is 14.1. The molecule has 1 aliphatic heterocycles. The molecule has 0 radical (unpaired) electrons. The van der Waals surface area contributed by atoms with Gasteiger partial charge in [0.25, 0.3) is 5.91 Å². The predicted molar refractivity (Wildman–Crippen MR) is 71.7 cm³/mol. The molecule has 5 nitrogen and oxygen atoms in total. The average molecular weight is 273 g/mol. The van der Waals surface area contributed by atoms with Crippen LogP contribution in [0.5, 0.6) is 0 Å². The molecule has 1 saturated heterocycles. The van der Waals surface area contributed by atoms with Crippen LogP contribution in [0, 0.1) is 11.8 Å². The van der Waals surface area contributed by atoms with E-state index < -0.39 is 12.1 Å². The van der Waals surface area contributed by atoms with Crippen molar-refractivity contribution in [3.05, 3.63) is 35.9 Å². The number of morpholine rings is 1. The number of hydrogen-bond donors (Lipinski definition) is 0. The number of carbonyl (C=O) groups excluding carboxylic acids is 2. The number of benzene rings is 1. The zero-order valence-corrected chi connectivity index (χ0v) is 11.2. The number of carbonyl (C=O) groups is 2. The molecule has 0 aromatic heterocycles. The molecule has 0 aliphatic carbocycles. The van der Waals surface area contributed by atoms with Gasteiger partial charge in [-0.15, -0.1) is 0 Å². The molecule has 1 aliphatic rings. The molecule has 2 rings (SSSR count). The summed E-state index contributed by atoms with van der Waals surface area (Å²) < 4.78 is 9.87. The van der Waals surface area contributed by atoms with Crippen molar-refractivity contribution >= 4 is 11.9 Å². The van der Waals surface area contributed by atoms with E-state index in [4.69, 9.17) is 4.74 Å². The smallest absolute Gasteiger partial charge is 0.336 e. The fraction of sp³-hybridized carbons (Fsp3) is 0.333. The number of nitrogens with zero attached hydrogens (tertiary/aromatic N) is 1. The number of esters is 1. The molecule has 1 aromatic rings. The normalized spacial score (nSPS) is 17.9. The van der Waals surface area contributed by atoms with Gasteiger partial charge >= 0.3 is 5.97 Å². The largest absolute Gasteiger partial charge is 0.467 e. The van der Waals surface area contributed by atoms with Crippen LogP contribution in [0.3, 0.4) is 0 Å². The summed E-state index contributed by atoms with van der Waals surface area (Å²) in [5.41, 5.74) is 0.777. The van der Waals surface area contributed by atoms with Crippen molar-refractivity contribution in [3.8, 4) is 11.8 Å². The van der Waals surface area contributed by atoms with Gasteiger partial charge in [-0.2, -0.15) is 0 Å². The molecule has 0 N–H and O–H groups in total. The van der Waals surface area contributed by atoms with Crippen LogP contribution in [-0.4, -0.2) is 49.7 Å². The van der Waals surface area contributed by atoms with E-state index in [1.54, 1.807) is 0 Å². The zero-order valence-electron chi connectivity index (χ0n) is 11.2. The first-order valence-electron chi connectivity index (χ1n) is 6.26. The highest BCUT2D eigenvalue weighted by Crippen LogP contribution is 2.07. The molecule has 20 heavy (non-hydrogen) atoms. The second-order valence-corrected chi connectivity index (χ2v) is 4.25. The molecule has 0 bridgehead atoms. The molecule has 1 fully saturated rings. The third-order valence-electron chi connectivity index (χ3n) is 2.91. The Balaban J connectivity index is 1.99. The quantitative estimate of drug-likeness (QED) is 0.550. The molecule has 0 saturated carbocycles. The molecular weight excluding hydrogens is 258 g/mol. The van der Waals surface area contributed by atoms with Crippen LogP contribution < -0.4 is 0 Å². The van der Waals surface area contributed by atoms with Crippen molar-refractivity contribution < 1.29 is 19.1 Å². The summed E-state index contributed by atoms with van der Waals surface area (Å²) in [6, 6.07) is 9.26. The lowest BCUT2D eigenvalue weighted by Crippen LogP contribution is -2.48. The van der Waals surface area contributed by atoms with Crippen LogP contribution in [0.25, 0.3) is 0 Å². The second kappa shape index (κ2) is 6.73. The van der Waals surface area contributed by atoms with Crippen molar-refractivity contribution in [2.45, 2.75) is 6.10 Å². The first-order valence-corrected chi connectivity index (χ1v) is 6.26. The highest BCUT2D eigenvalue weighted by molar-refractivity contribution is 5.94. The molecule has 1 atom stereocenters. The van der Waals surface area contributed by atoms with Crippen molar-refractivity contribution in [1.82, 2.24) is 4.90 Å². The van der Waals surface area contributed by atoms with Crippen molar-refractivity contribution in [1.29, 1.82) is 0 Å². The third-order valence-corrected chi connectivity index (χ3v) is 2.91. The Hall–Kier alpha value is -2.32. The van der Waals surface area contributed by atoms with Crippen molar-refractivity contribution in [3.63, 3.8) is 0 Å². The van der Waals surface area contributed by atoms with E-state index in [9.17, 15) is 9.59 Å². The van der Waals surface area contributed by atoms with Gasteiger partial charge in [-0.05, 0) is 12.1 Å². The maximum absolute atomic E-state index is 12.0. The summed E-state index contributed by atoms with van der Waals surface area (Å²) in [4.78, 5) is 24.9. The van der Waals surface area contributed by atoms with E-state index in [-0.39, 0.29) is 12.5 Å². The van der Waals surface area contributed by atoms with Crippen LogP contribution >= 0.6 is 0 Å². The minimum absolute atomic E-state index is 0.176.